The number of nitrogens with zero attached hydrogens (tertiary/aromatic N) is 8. The van der Waals surface area contributed by atoms with Gasteiger partial charge in [-0.25, -0.2) is 0 Å². The largest absolute Gasteiger partial charge is 2.00 e. The maximum Gasteiger partial charge on any atom is 2.00 e. The molecule has 0 spiro atoms. The fourth-order valence-electron chi connectivity index (χ4n) is 7.17. The zero-order chi connectivity index (χ0) is 37.0. The van der Waals surface area contributed by atoms with E-state index in [1.54, 1.807) is 49.1 Å². The van der Waals surface area contributed by atoms with E-state index in [0.717, 1.165) is 22.8 Å². The van der Waals surface area contributed by atoms with Crippen LogP contribution in [0, 0.1) is 0 Å². The Balaban J connectivity index is 0.00000266. The molecule has 14 heteroatoms. The van der Waals surface area contributed by atoms with Crippen molar-refractivity contribution in [2.24, 2.45) is 0 Å². The minimum atomic E-state index is -0.464. The first kappa shape index (κ1) is 40.4. The molecule has 6 aromatic rings. The number of rotatable bonds is 14. The first-order chi connectivity index (χ1) is 26.4. The Morgan fingerprint density at radius 3 is 0.893 bits per heavy atom. The van der Waals surface area contributed by atoms with Gasteiger partial charge in [0.05, 0.1) is 22.8 Å². The molecule has 0 N–H and O–H groups in total. The first-order valence-corrected chi connectivity index (χ1v) is 17.8. The normalized spacial score (nSPS) is 13.3. The quantitative estimate of drug-likeness (QED) is 0.109. The molecule has 4 aromatic heterocycles. The molecule has 2 aliphatic rings. The van der Waals surface area contributed by atoms with Crippen LogP contribution in [0.2, 0.25) is 0 Å². The number of hydrogen-bond donors (Lipinski definition) is 0. The van der Waals surface area contributed by atoms with Gasteiger partial charge in [-0.05, 0) is 72.8 Å². The van der Waals surface area contributed by atoms with Crippen molar-refractivity contribution >= 4 is 34.4 Å². The van der Waals surface area contributed by atoms with Crippen LogP contribution < -0.4 is 0 Å². The molecule has 2 aromatic carbocycles. The van der Waals surface area contributed by atoms with Gasteiger partial charge < -0.3 is 0 Å². The summed E-state index contributed by atoms with van der Waals surface area (Å²) >= 11 is 0. The zero-order valence-electron chi connectivity index (χ0n) is 30.8. The van der Waals surface area contributed by atoms with Gasteiger partial charge in [0.25, 0.3) is 23.6 Å². The van der Waals surface area contributed by atoms with Gasteiger partial charge in [0.1, 0.15) is 0 Å². The Hall–Kier alpha value is -5.25. The summed E-state index contributed by atoms with van der Waals surface area (Å²) in [6.07, 6.45) is 6.94. The Morgan fingerprint density at radius 2 is 0.661 bits per heavy atom. The molecule has 0 saturated heterocycles. The summed E-state index contributed by atoms with van der Waals surface area (Å²) < 4.78 is 0. The first-order valence-electron chi connectivity index (χ1n) is 17.8. The number of carbonyl (C=O) groups is 4. The summed E-state index contributed by atoms with van der Waals surface area (Å²) in [5.74, 6) is -1.86. The molecule has 0 radical (unpaired) electrons. The van der Waals surface area contributed by atoms with E-state index in [9.17, 15) is 19.2 Å². The van der Waals surface area contributed by atoms with Crippen molar-refractivity contribution in [2.45, 2.75) is 26.2 Å². The summed E-state index contributed by atoms with van der Waals surface area (Å²) in [5.41, 5.74) is 4.57. The third-order valence-electron chi connectivity index (χ3n) is 9.79. The average molecular weight is 848 g/mol. The van der Waals surface area contributed by atoms with Crippen molar-refractivity contribution in [1.82, 2.24) is 39.5 Å². The number of benzene rings is 2. The van der Waals surface area contributed by atoms with Crippen LogP contribution in [-0.2, 0) is 65.1 Å². The number of amides is 4. The summed E-state index contributed by atoms with van der Waals surface area (Å²) in [6.45, 7) is 3.00. The molecule has 4 amide bonds. The van der Waals surface area contributed by atoms with Crippen molar-refractivity contribution in [2.75, 3.05) is 26.2 Å². The van der Waals surface area contributed by atoms with E-state index in [4.69, 9.17) is 0 Å². The number of hydrogen-bond acceptors (Lipinski definition) is 10. The molecular weight excluding hydrogens is 811 g/mol. The van der Waals surface area contributed by atoms with Gasteiger partial charge in [-0.15, -0.1) is 0 Å². The van der Waals surface area contributed by atoms with Crippen LogP contribution in [0.3, 0.4) is 0 Å². The van der Waals surface area contributed by atoms with E-state index in [2.05, 4.69) is 29.7 Å². The van der Waals surface area contributed by atoms with E-state index in [1.807, 2.05) is 72.8 Å². The molecule has 12 nitrogen and oxygen atoms in total. The fourth-order valence-corrected chi connectivity index (χ4v) is 7.17. The third-order valence-corrected chi connectivity index (χ3v) is 9.79. The number of pyridine rings is 4. The Morgan fingerprint density at radius 1 is 0.393 bits per heavy atom. The van der Waals surface area contributed by atoms with Crippen LogP contribution in [0.25, 0.3) is 10.8 Å². The third kappa shape index (κ3) is 8.44. The molecule has 0 atom stereocenters. The second-order valence-corrected chi connectivity index (χ2v) is 13.3. The van der Waals surface area contributed by atoms with Gasteiger partial charge >= 0.3 is 39.0 Å². The smallest absolute Gasteiger partial charge is 0.290 e. The van der Waals surface area contributed by atoms with Gasteiger partial charge in [0.15, 0.2) is 0 Å². The van der Waals surface area contributed by atoms with Crippen LogP contribution in [0.15, 0.2) is 122 Å². The van der Waals surface area contributed by atoms with Crippen molar-refractivity contribution < 1.29 is 58.1 Å². The predicted octanol–water partition coefficient (Wildman–Crippen LogP) is 5.01. The van der Waals surface area contributed by atoms with E-state index in [-0.39, 0.29) is 74.3 Å². The summed E-state index contributed by atoms with van der Waals surface area (Å²) in [7, 11) is 0. The molecule has 0 saturated carbocycles. The molecule has 0 bridgehead atoms. The minimum absolute atomic E-state index is 0. The van der Waals surface area contributed by atoms with Gasteiger partial charge in [-0.1, -0.05) is 24.3 Å². The van der Waals surface area contributed by atoms with Gasteiger partial charge in [0.2, 0.25) is 0 Å². The van der Waals surface area contributed by atoms with E-state index < -0.39 is 23.6 Å². The van der Waals surface area contributed by atoms with Crippen LogP contribution >= 0.6 is 0 Å². The van der Waals surface area contributed by atoms with Gasteiger partial charge in [-0.2, -0.15) is 0 Å². The topological polar surface area (TPSA) is 133 Å². The van der Waals surface area contributed by atoms with E-state index >= 15 is 0 Å². The summed E-state index contributed by atoms with van der Waals surface area (Å²) in [4.78, 5) is 80.7. The summed E-state index contributed by atoms with van der Waals surface area (Å²) in [5, 5.41) is 0.701. The predicted molar refractivity (Wildman–Crippen MR) is 200 cm³/mol. The van der Waals surface area contributed by atoms with Crippen LogP contribution in [-0.4, -0.2) is 89.3 Å². The molecule has 6 heterocycles. The molecular formula is C42H36N8O4Zn2+4. The molecule has 56 heavy (non-hydrogen) atoms. The van der Waals surface area contributed by atoms with Crippen molar-refractivity contribution in [3.8, 4) is 0 Å². The van der Waals surface area contributed by atoms with Gasteiger partial charge in [0, 0.05) is 110 Å². The number of aromatic nitrogens is 4. The van der Waals surface area contributed by atoms with Crippen molar-refractivity contribution in [3.63, 3.8) is 0 Å². The molecule has 0 unspecified atom stereocenters. The van der Waals surface area contributed by atoms with Crippen molar-refractivity contribution in [3.05, 3.63) is 167 Å². The minimum Gasteiger partial charge on any atom is -0.290 e. The maximum atomic E-state index is 14.0. The monoisotopic (exact) mass is 844 g/mol. The molecule has 8 rings (SSSR count). The Labute approximate surface area is 349 Å². The molecule has 0 aliphatic carbocycles. The molecule has 0 fully saturated rings. The van der Waals surface area contributed by atoms with E-state index in [1.165, 1.54) is 9.80 Å². The standard InChI is InChI=1S/C42H36N8O4.2Zn/c51-39-33-13-15-35-38-36(42(54)50(41(35)53)24-22-48(27-31-11-3-7-19-45-31)28-32-12-4-8-20-46-32)16-14-34(37(33)38)40(52)49(39)23-21-47(25-29-9-1-5-17-43-29)26-30-10-2-6-18-44-30;;/h1-20H,21-28H2;;/q;2*+2. The van der Waals surface area contributed by atoms with Crippen LogP contribution in [0.4, 0.5) is 0 Å². The fraction of sp³-hybridized carbons (Fsp3) is 0.190. The Bertz CT molecular complexity index is 2040. The molecule has 268 valence electrons. The van der Waals surface area contributed by atoms with Crippen LogP contribution in [0.1, 0.15) is 64.2 Å². The molecule has 2 aliphatic heterocycles. The second-order valence-electron chi connectivity index (χ2n) is 13.3. The Kier molecular flexibility index (Phi) is 13.1. The summed E-state index contributed by atoms with van der Waals surface area (Å²) in [6, 6.07) is 29.3. The van der Waals surface area contributed by atoms with E-state index in [0.29, 0.717) is 50.0 Å². The van der Waals surface area contributed by atoms with Gasteiger partial charge in [-0.3, -0.25) is 58.7 Å². The number of carbonyl (C=O) groups excluding carboxylic acids is 4. The van der Waals surface area contributed by atoms with Crippen molar-refractivity contribution in [1.29, 1.82) is 0 Å². The SMILES string of the molecule is O=C1c2ccc3c4c(ccc(c24)C(=O)N1CCN(Cc1ccccn1)Cc1ccccn1)C(=O)N(CCN(Cc1ccccn1)Cc1ccccn1)C3=O.[Zn+2].[Zn+2]. The maximum absolute atomic E-state index is 14.0. The second kappa shape index (κ2) is 18.1. The number of imide groups is 2. The average Bonchev–Trinajstić information content (AvgIpc) is 3.20. The zero-order valence-corrected chi connectivity index (χ0v) is 36.8. The van der Waals surface area contributed by atoms with Crippen LogP contribution in [0.5, 0.6) is 0 Å².